The molecule has 1 aliphatic heterocycles. The maximum Gasteiger partial charge on any atom is 0.257 e. The second-order valence-electron chi connectivity index (χ2n) is 4.79. The highest BCUT2D eigenvalue weighted by atomic mass is 19.1. The van der Waals surface area contributed by atoms with Crippen LogP contribution in [0, 0.1) is 11.6 Å². The normalized spacial score (nSPS) is 18.1. The van der Waals surface area contributed by atoms with E-state index in [0.717, 1.165) is 12.1 Å². The van der Waals surface area contributed by atoms with Crippen molar-refractivity contribution in [1.82, 2.24) is 10.2 Å². The predicted molar refractivity (Wildman–Crippen MR) is 68.9 cm³/mol. The minimum absolute atomic E-state index is 0.162. The first-order chi connectivity index (χ1) is 9.38. The van der Waals surface area contributed by atoms with Crippen LogP contribution >= 0.6 is 0 Å². The first-order valence-electron chi connectivity index (χ1n) is 6.19. The zero-order valence-corrected chi connectivity index (χ0v) is 11.0. The third kappa shape index (κ3) is 2.87. The van der Waals surface area contributed by atoms with Crippen molar-refractivity contribution in [2.24, 2.45) is 0 Å². The summed E-state index contributed by atoms with van der Waals surface area (Å²) in [6.45, 7) is 2.03. The number of carbonyl (C=O) groups excluding carboxylic acids is 2. The Balaban J connectivity index is 2.15. The van der Waals surface area contributed by atoms with Gasteiger partial charge in [-0.1, -0.05) is 0 Å². The molecule has 1 unspecified atom stereocenters. The molecule has 108 valence electrons. The molecular formula is C13H15F2N3O2. The molecule has 20 heavy (non-hydrogen) atoms. The van der Waals surface area contributed by atoms with Crippen LogP contribution in [0.1, 0.15) is 23.7 Å². The fourth-order valence-electron chi connectivity index (χ4n) is 2.29. The highest BCUT2D eigenvalue weighted by Crippen LogP contribution is 2.21. The predicted octanol–water partition coefficient (Wildman–Crippen LogP) is 0.898. The fourth-order valence-corrected chi connectivity index (χ4v) is 2.29. The molecule has 1 aromatic carbocycles. The Morgan fingerprint density at radius 3 is 2.75 bits per heavy atom. The number of hydrogen-bond donors (Lipinski definition) is 2. The summed E-state index contributed by atoms with van der Waals surface area (Å²) in [6, 6.07) is 1.50. The Morgan fingerprint density at radius 2 is 2.10 bits per heavy atom. The number of halogens is 2. The maximum atomic E-state index is 13.8. The zero-order valence-electron chi connectivity index (χ0n) is 11.0. The lowest BCUT2D eigenvalue weighted by molar-refractivity contribution is -0.119. The molecule has 2 amide bonds. The van der Waals surface area contributed by atoms with Gasteiger partial charge in [0.2, 0.25) is 5.91 Å². The summed E-state index contributed by atoms with van der Waals surface area (Å²) in [5.41, 5.74) is 4.53. The van der Waals surface area contributed by atoms with Crippen LogP contribution in [0.3, 0.4) is 0 Å². The van der Waals surface area contributed by atoms with Crippen LogP contribution in [0.2, 0.25) is 0 Å². The van der Waals surface area contributed by atoms with Gasteiger partial charge in [0.15, 0.2) is 5.82 Å². The van der Waals surface area contributed by atoms with E-state index in [9.17, 15) is 18.4 Å². The Morgan fingerprint density at radius 1 is 1.40 bits per heavy atom. The van der Waals surface area contributed by atoms with Crippen molar-refractivity contribution in [2.45, 2.75) is 19.4 Å². The van der Waals surface area contributed by atoms with E-state index in [1.807, 2.05) is 0 Å². The van der Waals surface area contributed by atoms with Crippen LogP contribution in [0.5, 0.6) is 0 Å². The molecule has 5 nitrogen and oxygen atoms in total. The second-order valence-corrected chi connectivity index (χ2v) is 4.79. The molecule has 0 aliphatic carbocycles. The van der Waals surface area contributed by atoms with E-state index in [-0.39, 0.29) is 24.1 Å². The molecule has 0 radical (unpaired) electrons. The summed E-state index contributed by atoms with van der Waals surface area (Å²) < 4.78 is 27.0. The fraction of sp³-hybridized carbons (Fsp3) is 0.385. The van der Waals surface area contributed by atoms with Gasteiger partial charge in [0.05, 0.1) is 11.3 Å². The Hall–Kier alpha value is -2.18. The van der Waals surface area contributed by atoms with E-state index in [1.165, 1.54) is 11.8 Å². The third-order valence-corrected chi connectivity index (χ3v) is 3.18. The van der Waals surface area contributed by atoms with Crippen molar-refractivity contribution in [3.8, 4) is 0 Å². The number of anilines is 1. The lowest BCUT2D eigenvalue weighted by Gasteiger charge is -2.17. The number of likely N-dealkylation sites (tertiary alicyclic amines) is 1. The molecule has 0 bridgehead atoms. The summed E-state index contributed by atoms with van der Waals surface area (Å²) >= 11 is 0. The monoisotopic (exact) mass is 283 g/mol. The van der Waals surface area contributed by atoms with E-state index in [1.54, 1.807) is 0 Å². The van der Waals surface area contributed by atoms with Gasteiger partial charge in [-0.3, -0.25) is 9.59 Å². The maximum absolute atomic E-state index is 13.8. The first kappa shape index (κ1) is 14.2. The average Bonchev–Trinajstić information content (AvgIpc) is 2.80. The number of carbonyl (C=O) groups is 2. The van der Waals surface area contributed by atoms with Crippen molar-refractivity contribution >= 4 is 17.5 Å². The van der Waals surface area contributed by atoms with E-state index >= 15 is 0 Å². The van der Waals surface area contributed by atoms with E-state index in [2.05, 4.69) is 5.32 Å². The number of benzene rings is 1. The SMILES string of the molecule is CC(=O)NC1CCN(C(=O)c2cc(F)cc(N)c2F)C1. The standard InChI is InChI=1S/C13H15F2N3O2/c1-7(19)17-9-2-3-18(6-9)13(20)10-4-8(14)5-11(16)12(10)15/h4-5,9H,2-3,6,16H2,1H3,(H,17,19). The number of rotatable bonds is 2. The summed E-state index contributed by atoms with van der Waals surface area (Å²) in [5, 5.41) is 2.69. The van der Waals surface area contributed by atoms with Crippen molar-refractivity contribution < 1.29 is 18.4 Å². The van der Waals surface area contributed by atoms with Crippen LogP contribution < -0.4 is 11.1 Å². The first-order valence-corrected chi connectivity index (χ1v) is 6.19. The summed E-state index contributed by atoms with van der Waals surface area (Å²) in [4.78, 5) is 24.5. The molecule has 2 rings (SSSR count). The minimum atomic E-state index is -0.917. The lowest BCUT2D eigenvalue weighted by Crippen LogP contribution is -2.37. The summed E-state index contributed by atoms with van der Waals surface area (Å²) in [6.07, 6.45) is 0.581. The van der Waals surface area contributed by atoms with E-state index in [0.29, 0.717) is 13.0 Å². The van der Waals surface area contributed by atoms with Gasteiger partial charge in [-0.15, -0.1) is 0 Å². The van der Waals surface area contributed by atoms with Gasteiger partial charge in [0, 0.05) is 26.1 Å². The largest absolute Gasteiger partial charge is 0.396 e. The van der Waals surface area contributed by atoms with Crippen molar-refractivity contribution in [2.75, 3.05) is 18.8 Å². The van der Waals surface area contributed by atoms with Gasteiger partial charge in [-0.25, -0.2) is 8.78 Å². The van der Waals surface area contributed by atoms with Gasteiger partial charge in [-0.2, -0.15) is 0 Å². The molecule has 1 atom stereocenters. The molecule has 1 saturated heterocycles. The highest BCUT2D eigenvalue weighted by molar-refractivity contribution is 5.95. The molecule has 1 aliphatic rings. The molecule has 7 heteroatoms. The van der Waals surface area contributed by atoms with Gasteiger partial charge in [0.1, 0.15) is 5.82 Å². The van der Waals surface area contributed by atoms with Crippen molar-refractivity contribution in [1.29, 1.82) is 0 Å². The van der Waals surface area contributed by atoms with Crippen LogP contribution in [0.4, 0.5) is 14.5 Å². The highest BCUT2D eigenvalue weighted by Gasteiger charge is 2.29. The number of nitrogens with zero attached hydrogens (tertiary/aromatic N) is 1. The molecule has 1 heterocycles. The van der Waals surface area contributed by atoms with Gasteiger partial charge in [0.25, 0.3) is 5.91 Å². The second kappa shape index (κ2) is 5.44. The van der Waals surface area contributed by atoms with Gasteiger partial charge >= 0.3 is 0 Å². The Kier molecular flexibility index (Phi) is 3.87. The quantitative estimate of drug-likeness (QED) is 0.792. The average molecular weight is 283 g/mol. The number of nitrogens with one attached hydrogen (secondary N) is 1. The number of hydrogen-bond acceptors (Lipinski definition) is 3. The van der Waals surface area contributed by atoms with Crippen LogP contribution in [0.15, 0.2) is 12.1 Å². The van der Waals surface area contributed by atoms with Crippen LogP contribution in [0.25, 0.3) is 0 Å². The summed E-state index contributed by atoms with van der Waals surface area (Å²) in [7, 11) is 0. The van der Waals surface area contributed by atoms with E-state index < -0.39 is 23.2 Å². The molecule has 3 N–H and O–H groups in total. The van der Waals surface area contributed by atoms with Gasteiger partial charge in [-0.05, 0) is 18.6 Å². The molecule has 1 fully saturated rings. The van der Waals surface area contributed by atoms with E-state index in [4.69, 9.17) is 5.73 Å². The molecule has 0 aromatic heterocycles. The zero-order chi connectivity index (χ0) is 14.9. The van der Waals surface area contributed by atoms with Crippen molar-refractivity contribution in [3.05, 3.63) is 29.3 Å². The summed E-state index contributed by atoms with van der Waals surface area (Å²) in [5.74, 6) is -2.49. The number of nitrogen functional groups attached to an aromatic ring is 1. The number of nitrogens with two attached hydrogens (primary N) is 1. The van der Waals surface area contributed by atoms with Crippen LogP contribution in [-0.4, -0.2) is 35.8 Å². The Bertz CT molecular complexity index is 563. The lowest BCUT2D eigenvalue weighted by atomic mass is 10.1. The third-order valence-electron chi connectivity index (χ3n) is 3.18. The Labute approximate surface area is 114 Å². The minimum Gasteiger partial charge on any atom is -0.396 e. The topological polar surface area (TPSA) is 75.4 Å². The smallest absolute Gasteiger partial charge is 0.257 e. The van der Waals surface area contributed by atoms with Gasteiger partial charge < -0.3 is 16.0 Å². The molecule has 0 saturated carbocycles. The molecular weight excluding hydrogens is 268 g/mol. The van der Waals surface area contributed by atoms with Crippen LogP contribution in [-0.2, 0) is 4.79 Å². The molecule has 1 aromatic rings. The van der Waals surface area contributed by atoms with Crippen molar-refractivity contribution in [3.63, 3.8) is 0 Å². The molecule has 0 spiro atoms. The number of amides is 2.